The number of aryl methyl sites for hydroxylation is 1. The Morgan fingerprint density at radius 1 is 1.62 bits per heavy atom. The summed E-state index contributed by atoms with van der Waals surface area (Å²) >= 11 is 2.14. The highest BCUT2D eigenvalue weighted by Gasteiger charge is 2.13. The molecule has 1 aromatic heterocycles. The second kappa shape index (κ2) is 6.63. The largest absolute Gasteiger partial charge is 0.322 e. The number of aldehydes is 1. The van der Waals surface area contributed by atoms with Crippen molar-refractivity contribution in [2.75, 3.05) is 0 Å². The summed E-state index contributed by atoms with van der Waals surface area (Å²) in [4.78, 5) is 14.6. The minimum atomic E-state index is 0.496. The van der Waals surface area contributed by atoms with Gasteiger partial charge in [0.25, 0.3) is 0 Å². The number of carbonyl (C=O) groups is 1. The third-order valence-corrected chi connectivity index (χ3v) is 3.36. The summed E-state index contributed by atoms with van der Waals surface area (Å²) in [5, 5.41) is 8.91. The number of carbonyl (C=O) groups excluding carboxylic acids is 1. The Morgan fingerprint density at radius 2 is 2.38 bits per heavy atom. The van der Waals surface area contributed by atoms with Crippen molar-refractivity contribution in [3.05, 3.63) is 15.2 Å². The minimum Gasteiger partial charge on any atom is -0.322 e. The molecule has 4 nitrogen and oxygen atoms in total. The van der Waals surface area contributed by atoms with Crippen molar-refractivity contribution in [1.82, 2.24) is 9.55 Å². The van der Waals surface area contributed by atoms with Crippen molar-refractivity contribution in [2.45, 2.75) is 39.2 Å². The van der Waals surface area contributed by atoms with Gasteiger partial charge in [0.1, 0.15) is 21.9 Å². The molecule has 0 N–H and O–H groups in total. The van der Waals surface area contributed by atoms with Gasteiger partial charge in [0, 0.05) is 19.4 Å². The first-order chi connectivity index (χ1) is 7.74. The van der Waals surface area contributed by atoms with Crippen LogP contribution in [0.1, 0.15) is 37.7 Å². The highest BCUT2D eigenvalue weighted by atomic mass is 127. The smallest absolute Gasteiger partial charge is 0.172 e. The van der Waals surface area contributed by atoms with Gasteiger partial charge in [-0.05, 0) is 35.4 Å². The highest BCUT2D eigenvalue weighted by molar-refractivity contribution is 14.1. The Kier molecular flexibility index (Phi) is 5.46. The van der Waals surface area contributed by atoms with Gasteiger partial charge < -0.3 is 9.36 Å². The molecule has 1 aromatic rings. The molecular formula is C11H14IN3O. The van der Waals surface area contributed by atoms with Crippen molar-refractivity contribution in [1.29, 1.82) is 5.26 Å². The summed E-state index contributed by atoms with van der Waals surface area (Å²) in [7, 11) is 0. The lowest BCUT2D eigenvalue weighted by molar-refractivity contribution is -0.107. The predicted molar refractivity (Wildman–Crippen MR) is 69.0 cm³/mol. The van der Waals surface area contributed by atoms with Crippen molar-refractivity contribution in [3.63, 3.8) is 0 Å². The molecule has 1 heterocycles. The maximum Gasteiger partial charge on any atom is 0.172 e. The summed E-state index contributed by atoms with van der Waals surface area (Å²) < 4.78 is 2.93. The van der Waals surface area contributed by atoms with E-state index >= 15 is 0 Å². The van der Waals surface area contributed by atoms with Gasteiger partial charge in [-0.25, -0.2) is 4.98 Å². The third-order valence-electron chi connectivity index (χ3n) is 2.27. The fraction of sp³-hybridized carbons (Fsp3) is 0.545. The van der Waals surface area contributed by atoms with Crippen LogP contribution in [0.15, 0.2) is 0 Å². The van der Waals surface area contributed by atoms with Gasteiger partial charge in [-0.15, -0.1) is 0 Å². The molecule has 5 heteroatoms. The Bertz CT molecular complexity index is 406. The number of unbranched alkanes of at least 4 members (excludes halogenated alkanes) is 1. The van der Waals surface area contributed by atoms with E-state index in [0.29, 0.717) is 12.1 Å². The lowest BCUT2D eigenvalue weighted by Gasteiger charge is -2.06. The average molecular weight is 331 g/mol. The first kappa shape index (κ1) is 13.2. The maximum atomic E-state index is 10.3. The summed E-state index contributed by atoms with van der Waals surface area (Å²) in [5.41, 5.74) is 0.496. The van der Waals surface area contributed by atoms with E-state index in [9.17, 15) is 4.79 Å². The van der Waals surface area contributed by atoms with Crippen LogP contribution in [0.25, 0.3) is 0 Å². The van der Waals surface area contributed by atoms with Crippen molar-refractivity contribution < 1.29 is 4.79 Å². The lowest BCUT2D eigenvalue weighted by Crippen LogP contribution is -2.06. The molecule has 0 aliphatic heterocycles. The Morgan fingerprint density at radius 3 is 2.94 bits per heavy atom. The predicted octanol–water partition coefficient (Wildman–Crippen LogP) is 2.29. The van der Waals surface area contributed by atoms with E-state index in [4.69, 9.17) is 5.26 Å². The fourth-order valence-corrected chi connectivity index (χ4v) is 2.28. The molecule has 0 unspecified atom stereocenters. The van der Waals surface area contributed by atoms with E-state index in [2.05, 4.69) is 40.6 Å². The summed E-state index contributed by atoms with van der Waals surface area (Å²) in [6, 6.07) is 2.10. The van der Waals surface area contributed by atoms with Crippen LogP contribution in [0.4, 0.5) is 0 Å². The van der Waals surface area contributed by atoms with E-state index in [1.807, 2.05) is 4.57 Å². The topological polar surface area (TPSA) is 58.7 Å². The molecule has 0 fully saturated rings. The molecule has 0 aromatic carbocycles. The molecule has 0 radical (unpaired) electrons. The Labute approximate surface area is 109 Å². The van der Waals surface area contributed by atoms with Crippen LogP contribution in [0.2, 0.25) is 0 Å². The second-order valence-electron chi connectivity index (χ2n) is 3.49. The molecule has 1 rings (SSSR count). The highest BCUT2D eigenvalue weighted by Crippen LogP contribution is 2.16. The second-order valence-corrected chi connectivity index (χ2v) is 4.51. The van der Waals surface area contributed by atoms with E-state index in [-0.39, 0.29) is 0 Å². The van der Waals surface area contributed by atoms with E-state index < -0.39 is 0 Å². The third kappa shape index (κ3) is 3.04. The quantitative estimate of drug-likeness (QED) is 0.457. The van der Waals surface area contributed by atoms with Crippen LogP contribution in [0.5, 0.6) is 0 Å². The molecule has 0 aliphatic rings. The molecule has 0 spiro atoms. The maximum absolute atomic E-state index is 10.3. The molecule has 0 aliphatic carbocycles. The normalized spacial score (nSPS) is 10.1. The molecule has 0 atom stereocenters. The lowest BCUT2D eigenvalue weighted by atomic mass is 10.3. The zero-order chi connectivity index (χ0) is 12.0. The number of aromatic nitrogens is 2. The van der Waals surface area contributed by atoms with Gasteiger partial charge >= 0.3 is 0 Å². The number of rotatable bonds is 6. The zero-order valence-corrected chi connectivity index (χ0v) is 11.4. The Balaban J connectivity index is 2.89. The Hall–Kier alpha value is -0.900. The van der Waals surface area contributed by atoms with Gasteiger partial charge in [-0.3, -0.25) is 0 Å². The summed E-state index contributed by atoms with van der Waals surface area (Å²) in [5.74, 6) is 0.953. The van der Waals surface area contributed by atoms with Crippen molar-refractivity contribution >= 4 is 28.9 Å². The number of hydrogen-bond acceptors (Lipinski definition) is 3. The molecule has 0 saturated carbocycles. The zero-order valence-electron chi connectivity index (χ0n) is 9.24. The summed E-state index contributed by atoms with van der Waals surface area (Å²) in [6.45, 7) is 2.85. The summed E-state index contributed by atoms with van der Waals surface area (Å²) in [6.07, 6.45) is 4.16. The van der Waals surface area contributed by atoms with Crippen molar-refractivity contribution in [3.8, 4) is 6.07 Å². The fourth-order valence-electron chi connectivity index (χ4n) is 1.52. The van der Waals surface area contributed by atoms with E-state index in [0.717, 1.165) is 41.6 Å². The average Bonchev–Trinajstić information content (AvgIpc) is 2.58. The van der Waals surface area contributed by atoms with Crippen LogP contribution >= 0.6 is 22.6 Å². The monoisotopic (exact) mass is 331 g/mol. The molecule has 0 saturated heterocycles. The SMILES string of the molecule is CCCc1nc(C#N)c(I)n1CCCC=O. The number of hydrogen-bond donors (Lipinski definition) is 0. The van der Waals surface area contributed by atoms with Crippen LogP contribution in [0, 0.1) is 15.0 Å². The van der Waals surface area contributed by atoms with E-state index in [1.165, 1.54) is 0 Å². The van der Waals surface area contributed by atoms with Crippen LogP contribution in [0.3, 0.4) is 0 Å². The molecule has 0 amide bonds. The van der Waals surface area contributed by atoms with E-state index in [1.54, 1.807) is 0 Å². The van der Waals surface area contributed by atoms with Crippen LogP contribution < -0.4 is 0 Å². The first-order valence-electron chi connectivity index (χ1n) is 5.33. The van der Waals surface area contributed by atoms with Crippen LogP contribution in [-0.4, -0.2) is 15.8 Å². The number of halogens is 1. The van der Waals surface area contributed by atoms with Crippen molar-refractivity contribution in [2.24, 2.45) is 0 Å². The van der Waals surface area contributed by atoms with Gasteiger partial charge in [-0.2, -0.15) is 5.26 Å². The number of nitrogens with zero attached hydrogens (tertiary/aromatic N) is 3. The molecule has 86 valence electrons. The molecular weight excluding hydrogens is 317 g/mol. The van der Waals surface area contributed by atoms with Crippen LogP contribution in [-0.2, 0) is 17.8 Å². The first-order valence-corrected chi connectivity index (χ1v) is 6.41. The van der Waals surface area contributed by atoms with Gasteiger partial charge in [0.2, 0.25) is 0 Å². The van der Waals surface area contributed by atoms with Gasteiger partial charge in [0.15, 0.2) is 5.69 Å². The molecule has 16 heavy (non-hydrogen) atoms. The number of nitriles is 1. The molecule has 0 bridgehead atoms. The van der Waals surface area contributed by atoms with Gasteiger partial charge in [0.05, 0.1) is 0 Å². The van der Waals surface area contributed by atoms with Gasteiger partial charge in [-0.1, -0.05) is 6.92 Å². The minimum absolute atomic E-state index is 0.496. The standard InChI is InChI=1S/C11H14IN3O/c1-2-5-10-14-9(8-13)11(12)15(10)6-3-4-7-16/h7H,2-6H2,1H3. The number of imidazole rings is 1.